The number of carbonyl (C=O) groups is 1. The minimum atomic E-state index is -0.373. The number of esters is 1. The van der Waals surface area contributed by atoms with E-state index < -0.39 is 0 Å². The van der Waals surface area contributed by atoms with E-state index in [-0.39, 0.29) is 41.9 Å². The highest BCUT2D eigenvalue weighted by molar-refractivity contribution is 14.0. The van der Waals surface area contributed by atoms with Crippen LogP contribution >= 0.6 is 35.6 Å². The van der Waals surface area contributed by atoms with Gasteiger partial charge in [0.15, 0.2) is 5.96 Å². The van der Waals surface area contributed by atoms with Crippen molar-refractivity contribution >= 4 is 47.5 Å². The van der Waals surface area contributed by atoms with E-state index in [0.717, 1.165) is 24.5 Å². The molecule has 0 unspecified atom stereocenters. The summed E-state index contributed by atoms with van der Waals surface area (Å²) in [6.45, 7) is 8.27. The van der Waals surface area contributed by atoms with Crippen molar-refractivity contribution < 1.29 is 9.53 Å². The number of ether oxygens (including phenoxy) is 1. The molecule has 0 fully saturated rings. The number of nitrogens with one attached hydrogen (secondary N) is 2. The van der Waals surface area contributed by atoms with Crippen molar-refractivity contribution in [2.75, 3.05) is 20.2 Å². The van der Waals surface area contributed by atoms with Gasteiger partial charge in [-0.05, 0) is 36.5 Å². The molecular weight excluding hydrogens is 519 g/mol. The van der Waals surface area contributed by atoms with Crippen LogP contribution < -0.4 is 10.6 Å². The van der Waals surface area contributed by atoms with Gasteiger partial charge in [-0.25, -0.2) is 9.67 Å². The largest absolute Gasteiger partial charge is 0.468 e. The van der Waals surface area contributed by atoms with Gasteiger partial charge >= 0.3 is 5.97 Å². The summed E-state index contributed by atoms with van der Waals surface area (Å²) < 4.78 is 6.06. The summed E-state index contributed by atoms with van der Waals surface area (Å²) in [5.74, 6) is 0.330. The highest BCUT2D eigenvalue weighted by Gasteiger charge is 2.19. The number of aromatic nitrogens is 3. The minimum absolute atomic E-state index is 0. The topological polar surface area (TPSA) is 93.4 Å². The molecule has 166 valence electrons. The van der Waals surface area contributed by atoms with Crippen LogP contribution in [0, 0.1) is 5.41 Å². The number of benzene rings is 1. The van der Waals surface area contributed by atoms with Crippen LogP contribution in [0.5, 0.6) is 0 Å². The van der Waals surface area contributed by atoms with Crippen molar-refractivity contribution in [2.45, 2.75) is 40.3 Å². The minimum Gasteiger partial charge on any atom is -0.468 e. The van der Waals surface area contributed by atoms with Crippen LogP contribution in [0.1, 0.15) is 32.0 Å². The molecule has 0 radical (unpaired) electrons. The Labute approximate surface area is 199 Å². The van der Waals surface area contributed by atoms with Crippen molar-refractivity contribution in [1.82, 2.24) is 25.6 Å². The van der Waals surface area contributed by atoms with Gasteiger partial charge in [0.2, 0.25) is 0 Å². The molecule has 0 atom stereocenters. The fourth-order valence-electron chi connectivity index (χ4n) is 2.77. The number of carbonyl (C=O) groups excluding carboxylic acids is 1. The molecular formula is C20H30ClIN6O2. The third-order valence-electron chi connectivity index (χ3n) is 4.15. The first-order valence-electron chi connectivity index (χ1n) is 9.54. The molecule has 2 N–H and O–H groups in total. The van der Waals surface area contributed by atoms with Crippen LogP contribution in [0.3, 0.4) is 0 Å². The Bertz CT molecular complexity index is 840. The molecule has 0 aliphatic rings. The van der Waals surface area contributed by atoms with E-state index in [1.165, 1.54) is 17.4 Å². The third-order valence-corrected chi connectivity index (χ3v) is 4.39. The molecule has 30 heavy (non-hydrogen) atoms. The average molecular weight is 549 g/mol. The Morgan fingerprint density at radius 3 is 2.77 bits per heavy atom. The van der Waals surface area contributed by atoms with Crippen molar-refractivity contribution in [1.29, 1.82) is 0 Å². The summed E-state index contributed by atoms with van der Waals surface area (Å²) in [4.78, 5) is 15.9. The summed E-state index contributed by atoms with van der Waals surface area (Å²) in [5, 5.41) is 15.3. The van der Waals surface area contributed by atoms with Gasteiger partial charge in [-0.3, -0.25) is 4.79 Å². The number of halogens is 2. The Hall–Kier alpha value is -1.88. The maximum atomic E-state index is 11.3. The molecule has 2 aromatic rings. The van der Waals surface area contributed by atoms with Crippen LogP contribution in [0.2, 0.25) is 5.02 Å². The predicted molar refractivity (Wildman–Crippen MR) is 129 cm³/mol. The van der Waals surface area contributed by atoms with Gasteiger partial charge in [0.05, 0.1) is 19.9 Å². The Morgan fingerprint density at radius 1 is 1.33 bits per heavy atom. The maximum Gasteiger partial charge on any atom is 0.327 e. The quantitative estimate of drug-likeness (QED) is 0.217. The van der Waals surface area contributed by atoms with Crippen molar-refractivity contribution in [3.8, 4) is 0 Å². The van der Waals surface area contributed by atoms with Crippen molar-refractivity contribution in [2.24, 2.45) is 10.4 Å². The van der Waals surface area contributed by atoms with Gasteiger partial charge in [-0.1, -0.05) is 42.8 Å². The zero-order valence-electron chi connectivity index (χ0n) is 17.8. The Balaban J connectivity index is 0.00000450. The number of aliphatic imine (C=N–C) groups is 1. The maximum absolute atomic E-state index is 11.3. The monoisotopic (exact) mass is 548 g/mol. The normalized spacial score (nSPS) is 11.6. The first-order valence-corrected chi connectivity index (χ1v) is 9.91. The Kier molecular flexibility index (Phi) is 11.1. The second-order valence-corrected chi connectivity index (χ2v) is 7.94. The highest BCUT2D eigenvalue weighted by atomic mass is 127. The van der Waals surface area contributed by atoms with Crippen LogP contribution in [0.4, 0.5) is 0 Å². The van der Waals surface area contributed by atoms with Crippen LogP contribution in [0.15, 0.2) is 35.5 Å². The summed E-state index contributed by atoms with van der Waals surface area (Å²) in [6, 6.07) is 7.94. The molecule has 1 heterocycles. The van der Waals surface area contributed by atoms with Gasteiger partial charge in [0.1, 0.15) is 12.2 Å². The van der Waals surface area contributed by atoms with Crippen LogP contribution in [0.25, 0.3) is 0 Å². The second-order valence-electron chi connectivity index (χ2n) is 7.50. The zero-order valence-corrected chi connectivity index (χ0v) is 20.9. The third kappa shape index (κ3) is 9.29. The van der Waals surface area contributed by atoms with E-state index in [1.54, 1.807) is 6.20 Å². The molecule has 0 amide bonds. The molecule has 0 aliphatic carbocycles. The molecule has 0 spiro atoms. The van der Waals surface area contributed by atoms with Crippen molar-refractivity contribution in [3.63, 3.8) is 0 Å². The fraction of sp³-hybridized carbons (Fsp3) is 0.500. The smallest absolute Gasteiger partial charge is 0.327 e. The first-order chi connectivity index (χ1) is 13.8. The summed E-state index contributed by atoms with van der Waals surface area (Å²) in [5.41, 5.74) is 1.88. The summed E-state index contributed by atoms with van der Waals surface area (Å²) >= 11 is 6.10. The van der Waals surface area contributed by atoms with Gasteiger partial charge in [-0.2, -0.15) is 0 Å². The molecule has 0 saturated carbocycles. The molecule has 8 nitrogen and oxygen atoms in total. The number of rotatable bonds is 9. The predicted octanol–water partition coefficient (Wildman–Crippen LogP) is 3.05. The van der Waals surface area contributed by atoms with Gasteiger partial charge in [0, 0.05) is 18.1 Å². The second kappa shape index (κ2) is 12.7. The highest BCUT2D eigenvalue weighted by Crippen LogP contribution is 2.22. The number of methoxy groups -OCH3 is 1. The van der Waals surface area contributed by atoms with Crippen LogP contribution in [-0.4, -0.2) is 47.1 Å². The number of guanidine groups is 1. The SMILES string of the molecule is CCNC(=NCc1cn(CC(=O)OC)nn1)NCC(C)(C)Cc1cccc(Cl)c1.I. The average Bonchev–Trinajstić information content (AvgIpc) is 3.11. The first kappa shape index (κ1) is 26.2. The molecule has 10 heteroatoms. The lowest BCUT2D eigenvalue weighted by molar-refractivity contribution is -0.141. The number of nitrogens with zero attached hydrogens (tertiary/aromatic N) is 4. The molecule has 1 aromatic carbocycles. The number of hydrogen-bond donors (Lipinski definition) is 2. The lowest BCUT2D eigenvalue weighted by Gasteiger charge is -2.26. The van der Waals surface area contributed by atoms with Gasteiger partial charge in [-0.15, -0.1) is 29.1 Å². The summed E-state index contributed by atoms with van der Waals surface area (Å²) in [6.07, 6.45) is 2.58. The van der Waals surface area contributed by atoms with Gasteiger partial charge < -0.3 is 15.4 Å². The molecule has 1 aromatic heterocycles. The van der Waals surface area contributed by atoms with E-state index >= 15 is 0 Å². The Morgan fingerprint density at radius 2 is 2.10 bits per heavy atom. The standard InChI is InChI=1S/C20H29ClN6O2.HI/c1-5-22-19(23-11-17-12-27(26-25-17)13-18(28)29-4)24-14-20(2,3)10-15-7-6-8-16(21)9-15;/h6-9,12H,5,10-11,13-14H2,1-4H3,(H2,22,23,24);1H. The zero-order chi connectivity index (χ0) is 21.3. The fourth-order valence-corrected chi connectivity index (χ4v) is 2.98. The molecule has 0 aliphatic heterocycles. The lowest BCUT2D eigenvalue weighted by Crippen LogP contribution is -2.42. The van der Waals surface area contributed by atoms with Crippen LogP contribution in [-0.2, 0) is 29.0 Å². The van der Waals surface area contributed by atoms with E-state index in [2.05, 4.69) is 50.6 Å². The van der Waals surface area contributed by atoms with Gasteiger partial charge in [0.25, 0.3) is 0 Å². The summed E-state index contributed by atoms with van der Waals surface area (Å²) in [7, 11) is 1.34. The lowest BCUT2D eigenvalue weighted by atomic mass is 9.86. The van der Waals surface area contributed by atoms with E-state index in [1.807, 2.05) is 25.1 Å². The van der Waals surface area contributed by atoms with E-state index in [4.69, 9.17) is 11.6 Å². The van der Waals surface area contributed by atoms with Crippen molar-refractivity contribution in [3.05, 3.63) is 46.7 Å². The van der Waals surface area contributed by atoms with E-state index in [0.29, 0.717) is 18.2 Å². The molecule has 2 rings (SSSR count). The molecule has 0 bridgehead atoms. The van der Waals surface area contributed by atoms with E-state index in [9.17, 15) is 4.79 Å². The molecule has 0 saturated heterocycles. The number of hydrogen-bond acceptors (Lipinski definition) is 5.